The number of morpholine rings is 1. The minimum Gasteiger partial charge on any atom is -0.390 e. The standard InChI is InChI=1S/C15H23FN2O2/c1-12(13-3-2-4-14(16)9-13)17-10-15(19)11-18-5-7-20-8-6-18/h2-4,9,12,15,17,19H,5-8,10-11H2,1H3/t12-,15?/m1/s1. The molecule has 0 radical (unpaired) electrons. The zero-order chi connectivity index (χ0) is 14.4. The quantitative estimate of drug-likeness (QED) is 0.822. The van der Waals surface area contributed by atoms with Crippen LogP contribution in [0.2, 0.25) is 0 Å². The Bertz CT molecular complexity index is 411. The van der Waals surface area contributed by atoms with Crippen molar-refractivity contribution in [2.24, 2.45) is 0 Å². The number of hydrogen-bond donors (Lipinski definition) is 2. The van der Waals surface area contributed by atoms with Crippen LogP contribution in [-0.4, -0.2) is 55.5 Å². The van der Waals surface area contributed by atoms with Crippen LogP contribution in [-0.2, 0) is 4.74 Å². The van der Waals surface area contributed by atoms with E-state index in [2.05, 4.69) is 10.2 Å². The van der Waals surface area contributed by atoms with Crippen LogP contribution < -0.4 is 5.32 Å². The molecule has 1 aliphatic rings. The van der Waals surface area contributed by atoms with Gasteiger partial charge in [0.2, 0.25) is 0 Å². The first-order valence-corrected chi connectivity index (χ1v) is 7.12. The van der Waals surface area contributed by atoms with Crippen LogP contribution in [0.4, 0.5) is 4.39 Å². The van der Waals surface area contributed by atoms with Gasteiger partial charge in [0.1, 0.15) is 5.82 Å². The molecule has 2 N–H and O–H groups in total. The lowest BCUT2D eigenvalue weighted by molar-refractivity contribution is 0.0145. The molecule has 0 bridgehead atoms. The Kier molecular flexibility index (Phi) is 5.91. The summed E-state index contributed by atoms with van der Waals surface area (Å²) in [4.78, 5) is 2.20. The first-order valence-electron chi connectivity index (χ1n) is 7.12. The average molecular weight is 282 g/mol. The number of aliphatic hydroxyl groups is 1. The molecule has 0 spiro atoms. The van der Waals surface area contributed by atoms with E-state index in [1.807, 2.05) is 13.0 Å². The molecule has 0 aromatic heterocycles. The van der Waals surface area contributed by atoms with Gasteiger partial charge in [-0.05, 0) is 24.6 Å². The summed E-state index contributed by atoms with van der Waals surface area (Å²) in [5.74, 6) is -0.231. The van der Waals surface area contributed by atoms with Gasteiger partial charge in [0.05, 0.1) is 19.3 Å². The largest absolute Gasteiger partial charge is 0.390 e. The highest BCUT2D eigenvalue weighted by atomic mass is 19.1. The summed E-state index contributed by atoms with van der Waals surface area (Å²) in [6.45, 7) is 6.32. The van der Waals surface area contributed by atoms with Crippen LogP contribution in [0.1, 0.15) is 18.5 Å². The zero-order valence-corrected chi connectivity index (χ0v) is 11.9. The van der Waals surface area contributed by atoms with Gasteiger partial charge >= 0.3 is 0 Å². The Hall–Kier alpha value is -1.01. The molecule has 1 fully saturated rings. The van der Waals surface area contributed by atoms with Crippen molar-refractivity contribution in [3.05, 3.63) is 35.6 Å². The first-order chi connectivity index (χ1) is 9.65. The Morgan fingerprint density at radius 1 is 1.40 bits per heavy atom. The van der Waals surface area contributed by atoms with E-state index in [1.54, 1.807) is 6.07 Å². The van der Waals surface area contributed by atoms with Crippen LogP contribution in [0.5, 0.6) is 0 Å². The van der Waals surface area contributed by atoms with Gasteiger partial charge in [-0.15, -0.1) is 0 Å². The fourth-order valence-corrected chi connectivity index (χ4v) is 2.35. The van der Waals surface area contributed by atoms with Gasteiger partial charge in [0.15, 0.2) is 0 Å². The number of aliphatic hydroxyl groups excluding tert-OH is 1. The highest BCUT2D eigenvalue weighted by Crippen LogP contribution is 2.13. The van der Waals surface area contributed by atoms with Crippen LogP contribution in [0.15, 0.2) is 24.3 Å². The maximum Gasteiger partial charge on any atom is 0.123 e. The Morgan fingerprint density at radius 3 is 2.85 bits per heavy atom. The van der Waals surface area contributed by atoms with E-state index >= 15 is 0 Å². The molecule has 4 nitrogen and oxygen atoms in total. The number of benzene rings is 1. The highest BCUT2D eigenvalue weighted by molar-refractivity contribution is 5.19. The number of ether oxygens (including phenoxy) is 1. The maximum absolute atomic E-state index is 13.1. The van der Waals surface area contributed by atoms with Gasteiger partial charge in [-0.2, -0.15) is 0 Å². The topological polar surface area (TPSA) is 44.7 Å². The molecule has 112 valence electrons. The van der Waals surface area contributed by atoms with Gasteiger partial charge in [0, 0.05) is 32.2 Å². The number of nitrogens with zero attached hydrogens (tertiary/aromatic N) is 1. The molecular formula is C15H23FN2O2. The minimum absolute atomic E-state index is 0.0186. The second-order valence-electron chi connectivity index (χ2n) is 5.25. The summed E-state index contributed by atoms with van der Waals surface area (Å²) in [5, 5.41) is 13.3. The van der Waals surface area contributed by atoms with Crippen molar-refractivity contribution in [1.82, 2.24) is 10.2 Å². The molecule has 0 amide bonds. The van der Waals surface area contributed by atoms with Crippen molar-refractivity contribution in [2.75, 3.05) is 39.4 Å². The summed E-state index contributed by atoms with van der Waals surface area (Å²) < 4.78 is 18.4. The number of hydrogen-bond acceptors (Lipinski definition) is 4. The molecular weight excluding hydrogens is 259 g/mol. The van der Waals surface area contributed by atoms with Crippen molar-refractivity contribution >= 4 is 0 Å². The van der Waals surface area contributed by atoms with E-state index in [0.29, 0.717) is 13.1 Å². The monoisotopic (exact) mass is 282 g/mol. The van der Waals surface area contributed by atoms with E-state index in [0.717, 1.165) is 31.9 Å². The molecule has 1 aliphatic heterocycles. The van der Waals surface area contributed by atoms with Gasteiger partial charge in [0.25, 0.3) is 0 Å². The lowest BCUT2D eigenvalue weighted by atomic mass is 10.1. The van der Waals surface area contributed by atoms with Gasteiger partial charge in [-0.1, -0.05) is 12.1 Å². The Balaban J connectivity index is 1.73. The van der Waals surface area contributed by atoms with Crippen molar-refractivity contribution in [2.45, 2.75) is 19.1 Å². The van der Waals surface area contributed by atoms with Gasteiger partial charge in [-0.25, -0.2) is 4.39 Å². The molecule has 1 aromatic rings. The summed E-state index contributed by atoms with van der Waals surface area (Å²) in [6.07, 6.45) is -0.427. The summed E-state index contributed by atoms with van der Waals surface area (Å²) in [5.41, 5.74) is 0.892. The Labute approximate surface area is 119 Å². The molecule has 2 atom stereocenters. The third kappa shape index (κ3) is 4.83. The van der Waals surface area contributed by atoms with Crippen LogP contribution in [0.3, 0.4) is 0 Å². The second kappa shape index (κ2) is 7.69. The number of rotatable bonds is 6. The SMILES string of the molecule is C[C@@H](NCC(O)CN1CCOCC1)c1cccc(F)c1. The summed E-state index contributed by atoms with van der Waals surface area (Å²) >= 11 is 0. The molecule has 1 heterocycles. The molecule has 1 saturated heterocycles. The molecule has 20 heavy (non-hydrogen) atoms. The van der Waals surface area contributed by atoms with E-state index in [-0.39, 0.29) is 11.9 Å². The molecule has 2 rings (SSSR count). The van der Waals surface area contributed by atoms with Crippen LogP contribution >= 0.6 is 0 Å². The normalized spacial score (nSPS) is 19.8. The van der Waals surface area contributed by atoms with E-state index in [1.165, 1.54) is 12.1 Å². The number of β-amino-alcohol motifs (C(OH)–C–C–N with tert-alkyl or cyclic N) is 1. The molecule has 1 aromatic carbocycles. The lowest BCUT2D eigenvalue weighted by Gasteiger charge is -2.29. The van der Waals surface area contributed by atoms with E-state index in [9.17, 15) is 9.50 Å². The maximum atomic E-state index is 13.1. The predicted octanol–water partition coefficient (Wildman–Crippen LogP) is 1.17. The van der Waals surface area contributed by atoms with E-state index in [4.69, 9.17) is 4.74 Å². The molecule has 0 saturated carbocycles. The third-order valence-electron chi connectivity index (χ3n) is 3.58. The predicted molar refractivity (Wildman–Crippen MR) is 76.1 cm³/mol. The van der Waals surface area contributed by atoms with Crippen molar-refractivity contribution in [3.63, 3.8) is 0 Å². The van der Waals surface area contributed by atoms with Crippen molar-refractivity contribution in [1.29, 1.82) is 0 Å². The lowest BCUT2D eigenvalue weighted by Crippen LogP contribution is -2.44. The summed E-state index contributed by atoms with van der Waals surface area (Å²) in [6, 6.07) is 6.56. The van der Waals surface area contributed by atoms with Crippen molar-refractivity contribution in [3.8, 4) is 0 Å². The van der Waals surface area contributed by atoms with Crippen molar-refractivity contribution < 1.29 is 14.2 Å². The second-order valence-corrected chi connectivity index (χ2v) is 5.25. The molecule has 0 aliphatic carbocycles. The third-order valence-corrected chi connectivity index (χ3v) is 3.58. The number of halogens is 1. The fourth-order valence-electron chi connectivity index (χ4n) is 2.35. The van der Waals surface area contributed by atoms with Crippen LogP contribution in [0, 0.1) is 5.82 Å². The highest BCUT2D eigenvalue weighted by Gasteiger charge is 2.15. The first kappa shape index (κ1) is 15.4. The van der Waals surface area contributed by atoms with Crippen LogP contribution in [0.25, 0.3) is 0 Å². The summed E-state index contributed by atoms with van der Waals surface area (Å²) in [7, 11) is 0. The van der Waals surface area contributed by atoms with Gasteiger partial charge < -0.3 is 15.2 Å². The van der Waals surface area contributed by atoms with E-state index < -0.39 is 6.10 Å². The molecule has 1 unspecified atom stereocenters. The molecule has 5 heteroatoms. The minimum atomic E-state index is -0.427. The zero-order valence-electron chi connectivity index (χ0n) is 11.9. The van der Waals surface area contributed by atoms with Gasteiger partial charge in [-0.3, -0.25) is 4.90 Å². The smallest absolute Gasteiger partial charge is 0.123 e. The average Bonchev–Trinajstić information content (AvgIpc) is 2.46. The number of nitrogens with one attached hydrogen (secondary N) is 1. The Morgan fingerprint density at radius 2 is 2.15 bits per heavy atom. The fraction of sp³-hybridized carbons (Fsp3) is 0.600.